The number of rotatable bonds is 5. The zero-order chi connectivity index (χ0) is 13.8. The second-order valence-corrected chi connectivity index (χ2v) is 4.49. The fourth-order valence-corrected chi connectivity index (χ4v) is 1.80. The maximum atomic E-state index is 11.6. The average molecular weight is 262 g/mol. The number of para-hydroxylation sites is 2. The molecule has 19 heavy (non-hydrogen) atoms. The van der Waals surface area contributed by atoms with Gasteiger partial charge in [0.15, 0.2) is 5.58 Å². The molecule has 5 heteroatoms. The Morgan fingerprint density at radius 1 is 1.42 bits per heavy atom. The number of nitrogens with zero attached hydrogens (tertiary/aromatic N) is 2. The second kappa shape index (κ2) is 5.73. The standard InChI is InChI=1S/C14H18N2O3/c1-4-18-13(17)9-16(10(2)3)14-15-11-7-5-6-8-12(11)19-14/h5-8,10H,4,9H2,1-3H3. The third kappa shape index (κ3) is 3.05. The number of hydrogen-bond acceptors (Lipinski definition) is 5. The van der Waals surface area contributed by atoms with Crippen LogP contribution in [0.1, 0.15) is 20.8 Å². The minimum Gasteiger partial charge on any atom is -0.465 e. The number of ether oxygens (including phenoxy) is 1. The highest BCUT2D eigenvalue weighted by molar-refractivity contribution is 5.77. The van der Waals surface area contributed by atoms with E-state index in [1.54, 1.807) is 11.8 Å². The summed E-state index contributed by atoms with van der Waals surface area (Å²) in [6.45, 7) is 6.26. The van der Waals surface area contributed by atoms with Crippen LogP contribution in [0.3, 0.4) is 0 Å². The molecule has 0 N–H and O–H groups in total. The molecule has 0 radical (unpaired) electrons. The lowest BCUT2D eigenvalue weighted by atomic mass is 10.3. The van der Waals surface area contributed by atoms with Crippen LogP contribution in [0.15, 0.2) is 28.7 Å². The zero-order valence-corrected chi connectivity index (χ0v) is 11.4. The van der Waals surface area contributed by atoms with E-state index in [1.165, 1.54) is 0 Å². The van der Waals surface area contributed by atoms with Crippen molar-refractivity contribution in [2.75, 3.05) is 18.1 Å². The van der Waals surface area contributed by atoms with E-state index in [0.717, 1.165) is 5.52 Å². The van der Waals surface area contributed by atoms with Gasteiger partial charge in [-0.15, -0.1) is 0 Å². The monoisotopic (exact) mass is 262 g/mol. The zero-order valence-electron chi connectivity index (χ0n) is 11.4. The number of benzene rings is 1. The van der Waals surface area contributed by atoms with Gasteiger partial charge in [-0.1, -0.05) is 12.1 Å². The van der Waals surface area contributed by atoms with Gasteiger partial charge < -0.3 is 14.1 Å². The van der Waals surface area contributed by atoms with Crippen molar-refractivity contribution >= 4 is 23.1 Å². The van der Waals surface area contributed by atoms with Gasteiger partial charge in [0, 0.05) is 6.04 Å². The summed E-state index contributed by atoms with van der Waals surface area (Å²) in [5.74, 6) is -0.279. The van der Waals surface area contributed by atoms with Crippen molar-refractivity contribution < 1.29 is 13.9 Å². The van der Waals surface area contributed by atoms with E-state index in [0.29, 0.717) is 18.2 Å². The van der Waals surface area contributed by atoms with Crippen molar-refractivity contribution in [2.24, 2.45) is 0 Å². The Hall–Kier alpha value is -2.04. The quantitative estimate of drug-likeness (QED) is 0.775. The van der Waals surface area contributed by atoms with Crippen LogP contribution in [0.2, 0.25) is 0 Å². The number of esters is 1. The van der Waals surface area contributed by atoms with Crippen LogP contribution in [0.5, 0.6) is 0 Å². The normalized spacial score (nSPS) is 10.9. The number of carbonyl (C=O) groups excluding carboxylic acids is 1. The van der Waals surface area contributed by atoms with E-state index < -0.39 is 0 Å². The molecule has 5 nitrogen and oxygen atoms in total. The molecule has 0 fully saturated rings. The summed E-state index contributed by atoms with van der Waals surface area (Å²) in [5, 5.41) is 0. The van der Waals surface area contributed by atoms with Gasteiger partial charge in [0.05, 0.1) is 6.61 Å². The van der Waals surface area contributed by atoms with Crippen molar-refractivity contribution in [3.8, 4) is 0 Å². The first-order valence-electron chi connectivity index (χ1n) is 6.39. The van der Waals surface area contributed by atoms with Gasteiger partial charge in [-0.25, -0.2) is 0 Å². The average Bonchev–Trinajstić information content (AvgIpc) is 2.79. The summed E-state index contributed by atoms with van der Waals surface area (Å²) in [4.78, 5) is 17.8. The molecule has 0 unspecified atom stereocenters. The second-order valence-electron chi connectivity index (χ2n) is 4.49. The number of oxazole rings is 1. The molecule has 0 spiro atoms. The molecule has 0 amide bonds. The van der Waals surface area contributed by atoms with E-state index in [9.17, 15) is 4.79 Å². The van der Waals surface area contributed by atoms with Gasteiger partial charge in [-0.05, 0) is 32.9 Å². The van der Waals surface area contributed by atoms with E-state index in [4.69, 9.17) is 9.15 Å². The van der Waals surface area contributed by atoms with Crippen LogP contribution in [0.25, 0.3) is 11.1 Å². The molecule has 0 saturated carbocycles. The minimum absolute atomic E-state index is 0.0949. The highest BCUT2D eigenvalue weighted by Crippen LogP contribution is 2.22. The fourth-order valence-electron chi connectivity index (χ4n) is 1.80. The fraction of sp³-hybridized carbons (Fsp3) is 0.429. The van der Waals surface area contributed by atoms with Crippen LogP contribution in [-0.4, -0.2) is 30.1 Å². The number of carbonyl (C=O) groups is 1. The van der Waals surface area contributed by atoms with Gasteiger partial charge in [-0.2, -0.15) is 4.98 Å². The summed E-state index contributed by atoms with van der Waals surface area (Å²) in [6.07, 6.45) is 0. The van der Waals surface area contributed by atoms with Crippen molar-refractivity contribution in [3.63, 3.8) is 0 Å². The molecule has 0 atom stereocenters. The van der Waals surface area contributed by atoms with Gasteiger partial charge in [0.1, 0.15) is 12.1 Å². The van der Waals surface area contributed by atoms with Crippen LogP contribution in [0, 0.1) is 0 Å². The van der Waals surface area contributed by atoms with Crippen LogP contribution in [0.4, 0.5) is 6.01 Å². The molecule has 0 aliphatic rings. The Morgan fingerprint density at radius 2 is 2.16 bits per heavy atom. The number of fused-ring (bicyclic) bond motifs is 1. The van der Waals surface area contributed by atoms with Crippen molar-refractivity contribution in [2.45, 2.75) is 26.8 Å². The molecule has 1 aromatic heterocycles. The third-order valence-electron chi connectivity index (χ3n) is 2.76. The Kier molecular flexibility index (Phi) is 4.04. The first kappa shape index (κ1) is 13.4. The van der Waals surface area contributed by atoms with Crippen LogP contribution < -0.4 is 4.90 Å². The molecule has 0 bridgehead atoms. The lowest BCUT2D eigenvalue weighted by molar-refractivity contribution is -0.141. The van der Waals surface area contributed by atoms with Crippen molar-refractivity contribution in [1.29, 1.82) is 0 Å². The summed E-state index contributed by atoms with van der Waals surface area (Å²) < 4.78 is 10.6. The first-order chi connectivity index (χ1) is 9.11. The Bertz CT molecular complexity index is 530. The number of anilines is 1. The molecular formula is C14H18N2O3. The molecule has 2 rings (SSSR count). The predicted molar refractivity (Wildman–Crippen MR) is 73.1 cm³/mol. The predicted octanol–water partition coefficient (Wildman–Crippen LogP) is 2.61. The third-order valence-corrected chi connectivity index (χ3v) is 2.76. The highest BCUT2D eigenvalue weighted by Gasteiger charge is 2.20. The molecular weight excluding hydrogens is 244 g/mol. The lowest BCUT2D eigenvalue weighted by Crippen LogP contribution is -2.36. The Balaban J connectivity index is 2.25. The van der Waals surface area contributed by atoms with Crippen LogP contribution in [-0.2, 0) is 9.53 Å². The summed E-state index contributed by atoms with van der Waals surface area (Å²) in [6, 6.07) is 8.07. The molecule has 1 heterocycles. The van der Waals surface area contributed by atoms with E-state index in [-0.39, 0.29) is 18.6 Å². The Morgan fingerprint density at radius 3 is 2.79 bits per heavy atom. The molecule has 1 aromatic carbocycles. The smallest absolute Gasteiger partial charge is 0.325 e. The largest absolute Gasteiger partial charge is 0.465 e. The summed E-state index contributed by atoms with van der Waals surface area (Å²) >= 11 is 0. The minimum atomic E-state index is -0.279. The maximum absolute atomic E-state index is 11.6. The number of aromatic nitrogens is 1. The number of hydrogen-bond donors (Lipinski definition) is 0. The van der Waals surface area contributed by atoms with Gasteiger partial charge in [-0.3, -0.25) is 4.79 Å². The van der Waals surface area contributed by atoms with E-state index >= 15 is 0 Å². The first-order valence-corrected chi connectivity index (χ1v) is 6.39. The molecule has 2 aromatic rings. The van der Waals surface area contributed by atoms with Gasteiger partial charge in [0.25, 0.3) is 6.01 Å². The van der Waals surface area contributed by atoms with Crippen molar-refractivity contribution in [3.05, 3.63) is 24.3 Å². The maximum Gasteiger partial charge on any atom is 0.325 e. The molecule has 0 aliphatic heterocycles. The lowest BCUT2D eigenvalue weighted by Gasteiger charge is -2.23. The van der Waals surface area contributed by atoms with Crippen LogP contribution >= 0.6 is 0 Å². The summed E-state index contributed by atoms with van der Waals surface area (Å²) in [7, 11) is 0. The SMILES string of the molecule is CCOC(=O)CN(c1nc2ccccc2o1)C(C)C. The van der Waals surface area contributed by atoms with Gasteiger partial charge in [0.2, 0.25) is 0 Å². The molecule has 0 aliphatic carbocycles. The van der Waals surface area contributed by atoms with Crippen molar-refractivity contribution in [1.82, 2.24) is 4.98 Å². The van der Waals surface area contributed by atoms with Gasteiger partial charge >= 0.3 is 5.97 Å². The van der Waals surface area contributed by atoms with E-state index in [1.807, 2.05) is 38.1 Å². The molecule has 102 valence electrons. The summed E-state index contributed by atoms with van der Waals surface area (Å²) in [5.41, 5.74) is 1.50. The topological polar surface area (TPSA) is 55.6 Å². The van der Waals surface area contributed by atoms with E-state index in [2.05, 4.69) is 4.98 Å². The Labute approximate surface area is 112 Å². The highest BCUT2D eigenvalue weighted by atomic mass is 16.5. The molecule has 0 saturated heterocycles.